The molecule has 21 heavy (non-hydrogen) atoms. The van der Waals surface area contributed by atoms with Crippen molar-refractivity contribution in [1.29, 1.82) is 0 Å². The van der Waals surface area contributed by atoms with Crippen LogP contribution in [-0.4, -0.2) is 13.4 Å². The second kappa shape index (κ2) is 6.72. The standard InChI is InChI=1S/C16H14BrFO3/c1-10-3-4-13(18)7-12(10)9-21-16-14(17)5-11(8-19)6-15(16)20-2/h3-8H,9H2,1-2H3. The third kappa shape index (κ3) is 3.61. The number of halogens is 2. The van der Waals surface area contributed by atoms with Crippen LogP contribution in [0, 0.1) is 12.7 Å². The van der Waals surface area contributed by atoms with Crippen molar-refractivity contribution in [3.63, 3.8) is 0 Å². The molecule has 0 fully saturated rings. The smallest absolute Gasteiger partial charge is 0.175 e. The minimum absolute atomic E-state index is 0.207. The van der Waals surface area contributed by atoms with Crippen LogP contribution in [0.25, 0.3) is 0 Å². The molecule has 3 nitrogen and oxygen atoms in total. The molecule has 0 radical (unpaired) electrons. The SMILES string of the molecule is COc1cc(C=O)cc(Br)c1OCc1cc(F)ccc1C. The van der Waals surface area contributed by atoms with Crippen LogP contribution in [0.2, 0.25) is 0 Å². The number of aldehydes is 1. The van der Waals surface area contributed by atoms with Crippen LogP contribution in [0.4, 0.5) is 4.39 Å². The van der Waals surface area contributed by atoms with Crippen molar-refractivity contribution < 1.29 is 18.7 Å². The Balaban J connectivity index is 2.27. The van der Waals surface area contributed by atoms with Crippen LogP contribution in [0.15, 0.2) is 34.8 Å². The molecule has 0 saturated carbocycles. The molecule has 2 aromatic rings. The molecule has 0 amide bonds. The molecule has 110 valence electrons. The molecule has 0 aliphatic carbocycles. The van der Waals surface area contributed by atoms with Crippen molar-refractivity contribution in [2.45, 2.75) is 13.5 Å². The maximum absolute atomic E-state index is 13.3. The number of methoxy groups -OCH3 is 1. The predicted molar refractivity (Wildman–Crippen MR) is 81.6 cm³/mol. The van der Waals surface area contributed by atoms with E-state index in [0.717, 1.165) is 17.4 Å². The number of rotatable bonds is 5. The number of benzene rings is 2. The minimum atomic E-state index is -0.304. The topological polar surface area (TPSA) is 35.5 Å². The van der Waals surface area contributed by atoms with E-state index in [9.17, 15) is 9.18 Å². The van der Waals surface area contributed by atoms with Crippen LogP contribution in [0.5, 0.6) is 11.5 Å². The molecular formula is C16H14BrFO3. The zero-order valence-corrected chi connectivity index (χ0v) is 13.2. The molecule has 2 aromatic carbocycles. The van der Waals surface area contributed by atoms with Gasteiger partial charge in [-0.2, -0.15) is 0 Å². The summed E-state index contributed by atoms with van der Waals surface area (Å²) in [5.41, 5.74) is 2.17. The molecular weight excluding hydrogens is 339 g/mol. The molecule has 0 spiro atoms. The first kappa shape index (κ1) is 15.5. The fraction of sp³-hybridized carbons (Fsp3) is 0.188. The maximum atomic E-state index is 13.3. The predicted octanol–water partition coefficient (Wildman–Crippen LogP) is 4.30. The fourth-order valence-electron chi connectivity index (χ4n) is 1.89. The van der Waals surface area contributed by atoms with E-state index in [-0.39, 0.29) is 12.4 Å². The Bertz CT molecular complexity index is 671. The van der Waals surface area contributed by atoms with Crippen molar-refractivity contribution in [1.82, 2.24) is 0 Å². The van der Waals surface area contributed by atoms with Crippen molar-refractivity contribution in [3.05, 3.63) is 57.3 Å². The Morgan fingerprint density at radius 3 is 2.71 bits per heavy atom. The summed E-state index contributed by atoms with van der Waals surface area (Å²) < 4.78 is 24.8. The van der Waals surface area contributed by atoms with E-state index in [2.05, 4.69) is 15.9 Å². The first-order valence-corrected chi connectivity index (χ1v) is 7.05. The maximum Gasteiger partial charge on any atom is 0.175 e. The van der Waals surface area contributed by atoms with Gasteiger partial charge in [-0.1, -0.05) is 6.07 Å². The summed E-state index contributed by atoms with van der Waals surface area (Å²) in [5, 5.41) is 0. The van der Waals surface area contributed by atoms with Gasteiger partial charge in [0.2, 0.25) is 0 Å². The van der Waals surface area contributed by atoms with E-state index in [0.29, 0.717) is 21.5 Å². The molecule has 5 heteroatoms. The summed E-state index contributed by atoms with van der Waals surface area (Å²) in [5.74, 6) is 0.619. The first-order valence-electron chi connectivity index (χ1n) is 6.25. The lowest BCUT2D eigenvalue weighted by Gasteiger charge is -2.14. The van der Waals surface area contributed by atoms with Crippen LogP contribution in [-0.2, 0) is 6.61 Å². The van der Waals surface area contributed by atoms with Gasteiger partial charge in [-0.05, 0) is 58.2 Å². The quantitative estimate of drug-likeness (QED) is 0.752. The summed E-state index contributed by atoms with van der Waals surface area (Å²) in [6.45, 7) is 2.10. The van der Waals surface area contributed by atoms with Crippen LogP contribution >= 0.6 is 15.9 Å². The highest BCUT2D eigenvalue weighted by atomic mass is 79.9. The number of carbonyl (C=O) groups is 1. The third-order valence-electron chi connectivity index (χ3n) is 3.07. The fourth-order valence-corrected chi connectivity index (χ4v) is 2.47. The van der Waals surface area contributed by atoms with Gasteiger partial charge in [-0.15, -0.1) is 0 Å². The number of hydrogen-bond donors (Lipinski definition) is 0. The Labute approximate surface area is 130 Å². The van der Waals surface area contributed by atoms with Gasteiger partial charge in [0.15, 0.2) is 11.5 Å². The average molecular weight is 353 g/mol. The normalized spacial score (nSPS) is 10.3. The lowest BCUT2D eigenvalue weighted by Crippen LogP contribution is -2.01. The number of carbonyl (C=O) groups excluding carboxylic acids is 1. The van der Waals surface area contributed by atoms with Crippen LogP contribution in [0.3, 0.4) is 0 Å². The van der Waals surface area contributed by atoms with Gasteiger partial charge < -0.3 is 9.47 Å². The van der Waals surface area contributed by atoms with E-state index in [1.54, 1.807) is 18.2 Å². The van der Waals surface area contributed by atoms with Gasteiger partial charge in [-0.3, -0.25) is 4.79 Å². The van der Waals surface area contributed by atoms with Crippen LogP contribution in [0.1, 0.15) is 21.5 Å². The summed E-state index contributed by atoms with van der Waals surface area (Å²) in [7, 11) is 1.50. The van der Waals surface area contributed by atoms with Crippen molar-refractivity contribution in [3.8, 4) is 11.5 Å². The van der Waals surface area contributed by atoms with E-state index >= 15 is 0 Å². The molecule has 0 heterocycles. The van der Waals surface area contributed by atoms with E-state index in [1.807, 2.05) is 6.92 Å². The molecule has 0 atom stereocenters. The second-order valence-electron chi connectivity index (χ2n) is 4.51. The summed E-state index contributed by atoms with van der Waals surface area (Å²) in [6, 6.07) is 7.79. The van der Waals surface area contributed by atoms with Gasteiger partial charge in [0.1, 0.15) is 18.7 Å². The van der Waals surface area contributed by atoms with Gasteiger partial charge >= 0.3 is 0 Å². The van der Waals surface area contributed by atoms with Crippen molar-refractivity contribution in [2.75, 3.05) is 7.11 Å². The number of hydrogen-bond acceptors (Lipinski definition) is 3. The number of aryl methyl sites for hydroxylation is 1. The summed E-state index contributed by atoms with van der Waals surface area (Å²) in [6.07, 6.45) is 0.730. The molecule has 0 aromatic heterocycles. The van der Waals surface area contributed by atoms with Crippen LogP contribution < -0.4 is 9.47 Å². The molecule has 0 aliphatic heterocycles. The Hall–Kier alpha value is -1.88. The van der Waals surface area contributed by atoms with Gasteiger partial charge in [0.05, 0.1) is 11.6 Å². The average Bonchev–Trinajstić information content (AvgIpc) is 2.48. The monoisotopic (exact) mass is 352 g/mol. The second-order valence-corrected chi connectivity index (χ2v) is 5.37. The lowest BCUT2D eigenvalue weighted by molar-refractivity contribution is 0.112. The first-order chi connectivity index (χ1) is 10.0. The highest BCUT2D eigenvalue weighted by Gasteiger charge is 2.12. The minimum Gasteiger partial charge on any atom is -0.493 e. The lowest BCUT2D eigenvalue weighted by atomic mass is 10.1. The molecule has 0 unspecified atom stereocenters. The zero-order valence-electron chi connectivity index (χ0n) is 11.7. The molecule has 2 rings (SSSR count). The van der Waals surface area contributed by atoms with Gasteiger partial charge in [-0.25, -0.2) is 4.39 Å². The van der Waals surface area contributed by atoms with E-state index in [4.69, 9.17) is 9.47 Å². The van der Waals surface area contributed by atoms with Crippen molar-refractivity contribution >= 4 is 22.2 Å². The van der Waals surface area contributed by atoms with E-state index in [1.165, 1.54) is 19.2 Å². The highest BCUT2D eigenvalue weighted by Crippen LogP contribution is 2.37. The van der Waals surface area contributed by atoms with Crippen molar-refractivity contribution in [2.24, 2.45) is 0 Å². The van der Waals surface area contributed by atoms with Gasteiger partial charge in [0, 0.05) is 5.56 Å². The third-order valence-corrected chi connectivity index (χ3v) is 3.66. The summed E-state index contributed by atoms with van der Waals surface area (Å²) in [4.78, 5) is 10.8. The molecule has 0 aliphatic rings. The highest BCUT2D eigenvalue weighted by molar-refractivity contribution is 9.10. The molecule has 0 N–H and O–H groups in total. The molecule has 0 saturated heterocycles. The molecule has 0 bridgehead atoms. The Kier molecular flexibility index (Phi) is 4.96. The largest absolute Gasteiger partial charge is 0.493 e. The Morgan fingerprint density at radius 1 is 1.29 bits per heavy atom. The van der Waals surface area contributed by atoms with E-state index < -0.39 is 0 Å². The summed E-state index contributed by atoms with van der Waals surface area (Å²) >= 11 is 3.35. The zero-order chi connectivity index (χ0) is 15.4. The number of ether oxygens (including phenoxy) is 2. The Morgan fingerprint density at radius 2 is 2.05 bits per heavy atom. The van der Waals surface area contributed by atoms with Gasteiger partial charge in [0.25, 0.3) is 0 Å².